The quantitative estimate of drug-likeness (QED) is 0.877. The molecular formula is C16H24O2. The summed E-state index contributed by atoms with van der Waals surface area (Å²) >= 11 is 0. The van der Waals surface area contributed by atoms with Crippen LogP contribution in [0.1, 0.15) is 51.7 Å². The topological polar surface area (TPSA) is 29.5 Å². The Labute approximate surface area is 110 Å². The molecule has 0 aromatic heterocycles. The number of hydrogen-bond donors (Lipinski definition) is 1. The van der Waals surface area contributed by atoms with Crippen LogP contribution in [-0.4, -0.2) is 11.2 Å². The van der Waals surface area contributed by atoms with Crippen LogP contribution in [0.3, 0.4) is 0 Å². The highest BCUT2D eigenvalue weighted by atomic mass is 16.5. The van der Waals surface area contributed by atoms with Crippen molar-refractivity contribution in [3.63, 3.8) is 0 Å². The average molecular weight is 248 g/mol. The van der Waals surface area contributed by atoms with Crippen LogP contribution in [0.15, 0.2) is 24.3 Å². The van der Waals surface area contributed by atoms with Gasteiger partial charge in [-0.1, -0.05) is 26.0 Å². The van der Waals surface area contributed by atoms with Crippen molar-refractivity contribution in [2.24, 2.45) is 11.8 Å². The zero-order valence-electron chi connectivity index (χ0n) is 11.6. The van der Waals surface area contributed by atoms with E-state index in [0.29, 0.717) is 6.10 Å². The van der Waals surface area contributed by atoms with Gasteiger partial charge in [-0.25, -0.2) is 0 Å². The molecule has 0 heterocycles. The van der Waals surface area contributed by atoms with Gasteiger partial charge in [-0.2, -0.15) is 0 Å². The largest absolute Gasteiger partial charge is 0.490 e. The highest BCUT2D eigenvalue weighted by Crippen LogP contribution is 2.32. The summed E-state index contributed by atoms with van der Waals surface area (Å²) < 4.78 is 6.03. The summed E-state index contributed by atoms with van der Waals surface area (Å²) in [6.07, 6.45) is 3.52. The lowest BCUT2D eigenvalue weighted by Crippen LogP contribution is -2.28. The predicted octanol–water partition coefficient (Wildman–Crippen LogP) is 3.94. The minimum atomic E-state index is -0.408. The molecular weight excluding hydrogens is 224 g/mol. The summed E-state index contributed by atoms with van der Waals surface area (Å²) in [5.41, 5.74) is 0.938. The van der Waals surface area contributed by atoms with Gasteiger partial charge in [0.2, 0.25) is 0 Å². The summed E-state index contributed by atoms with van der Waals surface area (Å²) in [5, 5.41) is 9.46. The molecule has 2 heteroatoms. The zero-order valence-corrected chi connectivity index (χ0v) is 11.6. The molecule has 0 amide bonds. The van der Waals surface area contributed by atoms with Crippen LogP contribution in [0.5, 0.6) is 5.75 Å². The Morgan fingerprint density at radius 3 is 2.33 bits per heavy atom. The zero-order chi connectivity index (χ0) is 13.1. The molecule has 0 radical (unpaired) electrons. The molecule has 1 aromatic carbocycles. The number of benzene rings is 1. The van der Waals surface area contributed by atoms with Crippen molar-refractivity contribution in [2.45, 2.75) is 52.2 Å². The monoisotopic (exact) mass is 248 g/mol. The minimum absolute atomic E-state index is 0.355. The molecule has 4 unspecified atom stereocenters. The maximum atomic E-state index is 9.46. The molecule has 2 nitrogen and oxygen atoms in total. The molecule has 18 heavy (non-hydrogen) atoms. The van der Waals surface area contributed by atoms with Gasteiger partial charge in [0.1, 0.15) is 5.75 Å². The highest BCUT2D eigenvalue weighted by Gasteiger charge is 2.25. The Hall–Kier alpha value is -1.02. The molecule has 1 aromatic rings. The van der Waals surface area contributed by atoms with Gasteiger partial charge in [-0.05, 0) is 55.7 Å². The molecule has 1 N–H and O–H groups in total. The Kier molecular flexibility index (Phi) is 4.28. The fourth-order valence-electron chi connectivity index (χ4n) is 2.62. The van der Waals surface area contributed by atoms with Crippen LogP contribution in [0.4, 0.5) is 0 Å². The number of rotatable bonds is 3. The fraction of sp³-hybridized carbons (Fsp3) is 0.625. The summed E-state index contributed by atoms with van der Waals surface area (Å²) in [5.74, 6) is 2.49. The number of aliphatic hydroxyl groups is 1. The van der Waals surface area contributed by atoms with E-state index in [0.717, 1.165) is 36.0 Å². The van der Waals surface area contributed by atoms with E-state index in [9.17, 15) is 5.11 Å². The first-order chi connectivity index (χ1) is 8.56. The Morgan fingerprint density at radius 2 is 1.78 bits per heavy atom. The third kappa shape index (κ3) is 3.26. The van der Waals surface area contributed by atoms with E-state index >= 15 is 0 Å². The van der Waals surface area contributed by atoms with Gasteiger partial charge in [-0.15, -0.1) is 0 Å². The standard InChI is InChI=1S/C16H24O2/c1-11-4-7-16(10-12(11)2)18-15-8-5-14(6-9-15)13(3)17/h5-6,8-9,11-13,16-17H,4,7,10H2,1-3H3. The van der Waals surface area contributed by atoms with Gasteiger partial charge in [-0.3, -0.25) is 0 Å². The van der Waals surface area contributed by atoms with E-state index in [1.807, 2.05) is 24.3 Å². The van der Waals surface area contributed by atoms with Crippen molar-refractivity contribution in [3.8, 4) is 5.75 Å². The Balaban J connectivity index is 1.93. The second-order valence-corrected chi connectivity index (χ2v) is 5.75. The fourth-order valence-corrected chi connectivity index (χ4v) is 2.62. The van der Waals surface area contributed by atoms with Gasteiger partial charge in [0, 0.05) is 0 Å². The molecule has 0 saturated heterocycles. The van der Waals surface area contributed by atoms with Gasteiger partial charge in [0.25, 0.3) is 0 Å². The predicted molar refractivity (Wildman–Crippen MR) is 73.7 cm³/mol. The number of ether oxygens (including phenoxy) is 1. The van der Waals surface area contributed by atoms with Crippen molar-refractivity contribution in [1.82, 2.24) is 0 Å². The van der Waals surface area contributed by atoms with Crippen LogP contribution in [0, 0.1) is 11.8 Å². The molecule has 4 atom stereocenters. The van der Waals surface area contributed by atoms with Gasteiger partial charge < -0.3 is 9.84 Å². The summed E-state index contributed by atoms with van der Waals surface area (Å²) in [4.78, 5) is 0. The molecule has 0 spiro atoms. The second-order valence-electron chi connectivity index (χ2n) is 5.75. The first kappa shape index (κ1) is 13.4. The Morgan fingerprint density at radius 1 is 1.11 bits per heavy atom. The second kappa shape index (κ2) is 5.75. The molecule has 2 rings (SSSR count). The summed E-state index contributed by atoms with van der Waals surface area (Å²) in [7, 11) is 0. The smallest absolute Gasteiger partial charge is 0.119 e. The molecule has 0 aliphatic heterocycles. The molecule has 100 valence electrons. The van der Waals surface area contributed by atoms with E-state index < -0.39 is 6.10 Å². The summed E-state index contributed by atoms with van der Waals surface area (Å²) in [6.45, 7) is 6.43. The van der Waals surface area contributed by atoms with Crippen LogP contribution >= 0.6 is 0 Å². The van der Waals surface area contributed by atoms with Crippen molar-refractivity contribution in [2.75, 3.05) is 0 Å². The first-order valence-corrected chi connectivity index (χ1v) is 7.01. The highest BCUT2D eigenvalue weighted by molar-refractivity contribution is 5.28. The van der Waals surface area contributed by atoms with Crippen molar-refractivity contribution < 1.29 is 9.84 Å². The maximum Gasteiger partial charge on any atom is 0.119 e. The van der Waals surface area contributed by atoms with E-state index in [-0.39, 0.29) is 0 Å². The van der Waals surface area contributed by atoms with E-state index in [4.69, 9.17) is 4.74 Å². The van der Waals surface area contributed by atoms with E-state index in [2.05, 4.69) is 13.8 Å². The summed E-state index contributed by atoms with van der Waals surface area (Å²) in [6, 6.07) is 7.80. The van der Waals surface area contributed by atoms with Crippen molar-refractivity contribution in [3.05, 3.63) is 29.8 Å². The lowest BCUT2D eigenvalue weighted by atomic mass is 9.80. The van der Waals surface area contributed by atoms with Crippen molar-refractivity contribution in [1.29, 1.82) is 0 Å². The molecule has 1 aliphatic rings. The lowest BCUT2D eigenvalue weighted by Gasteiger charge is -2.32. The molecule has 1 saturated carbocycles. The SMILES string of the molecule is CC(O)c1ccc(OC2CCC(C)C(C)C2)cc1. The number of aliphatic hydroxyl groups excluding tert-OH is 1. The molecule has 1 fully saturated rings. The van der Waals surface area contributed by atoms with Gasteiger partial charge in [0.15, 0.2) is 0 Å². The van der Waals surface area contributed by atoms with Crippen LogP contribution < -0.4 is 4.74 Å². The van der Waals surface area contributed by atoms with Gasteiger partial charge in [0.05, 0.1) is 12.2 Å². The molecule has 0 bridgehead atoms. The molecule has 1 aliphatic carbocycles. The van der Waals surface area contributed by atoms with Crippen molar-refractivity contribution >= 4 is 0 Å². The third-order valence-electron chi connectivity index (χ3n) is 4.22. The average Bonchev–Trinajstić information content (AvgIpc) is 2.34. The maximum absolute atomic E-state index is 9.46. The number of hydrogen-bond acceptors (Lipinski definition) is 2. The lowest BCUT2D eigenvalue weighted by molar-refractivity contribution is 0.101. The normalized spacial score (nSPS) is 29.9. The van der Waals surface area contributed by atoms with Crippen LogP contribution in [0.2, 0.25) is 0 Å². The van der Waals surface area contributed by atoms with Crippen LogP contribution in [-0.2, 0) is 0 Å². The minimum Gasteiger partial charge on any atom is -0.490 e. The van der Waals surface area contributed by atoms with E-state index in [1.54, 1.807) is 6.92 Å². The first-order valence-electron chi connectivity index (χ1n) is 7.01. The van der Waals surface area contributed by atoms with Gasteiger partial charge >= 0.3 is 0 Å². The van der Waals surface area contributed by atoms with E-state index in [1.165, 1.54) is 6.42 Å². The third-order valence-corrected chi connectivity index (χ3v) is 4.22. The Bertz CT molecular complexity index is 369. The van der Waals surface area contributed by atoms with Crippen LogP contribution in [0.25, 0.3) is 0 Å².